The average Bonchev–Trinajstić information content (AvgIpc) is 3.50. The van der Waals surface area contributed by atoms with Gasteiger partial charge in [0.1, 0.15) is 30.1 Å². The monoisotopic (exact) mass is 497 g/mol. The highest BCUT2D eigenvalue weighted by Crippen LogP contribution is 2.44. The maximum Gasteiger partial charge on any atom is 0.250 e. The number of likely N-dealkylation sites (tertiary alicyclic amines) is 1. The van der Waals surface area contributed by atoms with Gasteiger partial charge >= 0.3 is 0 Å². The molecular formula is C27H33F2N5O2. The van der Waals surface area contributed by atoms with E-state index in [0.717, 1.165) is 66.7 Å². The van der Waals surface area contributed by atoms with E-state index in [4.69, 9.17) is 15.2 Å². The van der Waals surface area contributed by atoms with E-state index < -0.39 is 5.92 Å². The van der Waals surface area contributed by atoms with Gasteiger partial charge in [-0.05, 0) is 49.3 Å². The number of halogens is 2. The van der Waals surface area contributed by atoms with Crippen LogP contribution in [0.25, 0.3) is 22.2 Å². The Kier molecular flexibility index (Phi) is 6.29. The highest BCUT2D eigenvalue weighted by molar-refractivity contribution is 6.00. The van der Waals surface area contributed by atoms with Gasteiger partial charge in [0, 0.05) is 56.9 Å². The fourth-order valence-electron chi connectivity index (χ4n) is 5.83. The van der Waals surface area contributed by atoms with Crippen LogP contribution in [0.15, 0.2) is 36.8 Å². The van der Waals surface area contributed by atoms with Gasteiger partial charge in [-0.2, -0.15) is 0 Å². The molecule has 3 aliphatic rings. The molecule has 2 aromatic heterocycles. The van der Waals surface area contributed by atoms with Gasteiger partial charge in [0.2, 0.25) is 0 Å². The van der Waals surface area contributed by atoms with Crippen LogP contribution in [0, 0.1) is 5.92 Å². The molecule has 0 radical (unpaired) electrons. The van der Waals surface area contributed by atoms with E-state index in [1.165, 1.54) is 6.33 Å². The predicted octanol–water partition coefficient (Wildman–Crippen LogP) is 4.92. The van der Waals surface area contributed by atoms with Gasteiger partial charge in [-0.1, -0.05) is 12.1 Å². The molecule has 3 fully saturated rings. The molecule has 1 aromatic carbocycles. The Balaban J connectivity index is 1.18. The second-order valence-corrected chi connectivity index (χ2v) is 10.5. The van der Waals surface area contributed by atoms with Crippen molar-refractivity contribution in [2.75, 3.05) is 38.6 Å². The summed E-state index contributed by atoms with van der Waals surface area (Å²) in [5.41, 5.74) is 9.18. The van der Waals surface area contributed by atoms with E-state index in [9.17, 15) is 8.78 Å². The van der Waals surface area contributed by atoms with Gasteiger partial charge in [0.05, 0.1) is 11.5 Å². The Morgan fingerprint density at radius 2 is 2.00 bits per heavy atom. The lowest BCUT2D eigenvalue weighted by atomic mass is 9.79. The van der Waals surface area contributed by atoms with Crippen molar-refractivity contribution in [1.29, 1.82) is 0 Å². The van der Waals surface area contributed by atoms with Gasteiger partial charge in [0.15, 0.2) is 0 Å². The molecule has 0 amide bonds. The highest BCUT2D eigenvalue weighted by atomic mass is 19.3. The van der Waals surface area contributed by atoms with Crippen molar-refractivity contribution in [2.45, 2.75) is 56.6 Å². The molecule has 3 aromatic rings. The molecule has 36 heavy (non-hydrogen) atoms. The van der Waals surface area contributed by atoms with Crippen LogP contribution in [0.1, 0.15) is 44.6 Å². The molecule has 2 saturated heterocycles. The van der Waals surface area contributed by atoms with Crippen molar-refractivity contribution in [1.82, 2.24) is 19.4 Å². The SMILES string of the molecule is Nc1ncnc2c1c(-c1cccc(OC[C@@H]3CCCO3)c1)cn2C1CC(CN2CCC(F)(F)CC2)C1. The maximum absolute atomic E-state index is 13.5. The van der Waals surface area contributed by atoms with Gasteiger partial charge in [-0.3, -0.25) is 0 Å². The Bertz CT molecular complexity index is 1210. The molecule has 0 bridgehead atoms. The van der Waals surface area contributed by atoms with E-state index in [0.29, 0.717) is 37.5 Å². The fourth-order valence-corrected chi connectivity index (χ4v) is 5.83. The third-order valence-electron chi connectivity index (χ3n) is 7.95. The quantitative estimate of drug-likeness (QED) is 0.499. The number of piperidine rings is 1. The number of hydrogen-bond donors (Lipinski definition) is 1. The number of hydrogen-bond acceptors (Lipinski definition) is 6. The van der Waals surface area contributed by atoms with E-state index >= 15 is 0 Å². The minimum absolute atomic E-state index is 0.0264. The van der Waals surface area contributed by atoms with Gasteiger partial charge in [0.25, 0.3) is 5.92 Å². The summed E-state index contributed by atoms with van der Waals surface area (Å²) in [7, 11) is 0. The third kappa shape index (κ3) is 4.78. The van der Waals surface area contributed by atoms with Gasteiger partial charge < -0.3 is 24.7 Å². The second kappa shape index (κ2) is 9.59. The Labute approximate surface area is 209 Å². The van der Waals surface area contributed by atoms with Crippen molar-refractivity contribution in [3.8, 4) is 16.9 Å². The third-order valence-corrected chi connectivity index (χ3v) is 7.95. The molecule has 1 atom stereocenters. The van der Waals surface area contributed by atoms with E-state index in [-0.39, 0.29) is 18.9 Å². The summed E-state index contributed by atoms with van der Waals surface area (Å²) < 4.78 is 40.9. The minimum atomic E-state index is -2.49. The summed E-state index contributed by atoms with van der Waals surface area (Å²) in [6, 6.07) is 8.36. The lowest BCUT2D eigenvalue weighted by Crippen LogP contribution is -2.44. The predicted molar refractivity (Wildman–Crippen MR) is 134 cm³/mol. The lowest BCUT2D eigenvalue weighted by Gasteiger charge is -2.41. The maximum atomic E-state index is 13.5. The van der Waals surface area contributed by atoms with Crippen molar-refractivity contribution in [3.05, 3.63) is 36.8 Å². The van der Waals surface area contributed by atoms with E-state index in [2.05, 4.69) is 31.7 Å². The highest BCUT2D eigenvalue weighted by Gasteiger charge is 2.38. The van der Waals surface area contributed by atoms with Crippen molar-refractivity contribution in [3.63, 3.8) is 0 Å². The summed E-state index contributed by atoms with van der Waals surface area (Å²) in [6.45, 7) is 3.22. The number of rotatable bonds is 7. The molecule has 0 unspecified atom stereocenters. The first-order valence-corrected chi connectivity index (χ1v) is 13.0. The van der Waals surface area contributed by atoms with Crippen LogP contribution in [-0.4, -0.2) is 64.3 Å². The Hall–Kier alpha value is -2.78. The second-order valence-electron chi connectivity index (χ2n) is 10.5. The number of anilines is 1. The topological polar surface area (TPSA) is 78.4 Å². The number of fused-ring (bicyclic) bond motifs is 1. The number of ether oxygens (including phenoxy) is 2. The van der Waals surface area contributed by atoms with Crippen LogP contribution in [0.2, 0.25) is 0 Å². The molecule has 4 heterocycles. The number of alkyl halides is 2. The largest absolute Gasteiger partial charge is 0.491 e. The standard InChI is InChI=1S/C27H33F2N5O2/c28-27(29)6-8-33(9-7-27)14-18-11-20(12-18)34-15-23(24-25(30)31-17-32-26(24)34)19-3-1-4-21(13-19)36-16-22-5-2-10-35-22/h1,3-4,13,15,17-18,20,22H,2,5-12,14,16H2,(H2,30,31,32)/t18?,20?,22-/m0/s1. The van der Waals surface area contributed by atoms with Crippen molar-refractivity contribution in [2.24, 2.45) is 5.92 Å². The summed E-state index contributed by atoms with van der Waals surface area (Å²) in [4.78, 5) is 11.0. The molecule has 192 valence electrons. The van der Waals surface area contributed by atoms with Gasteiger partial charge in [-0.15, -0.1) is 0 Å². The average molecular weight is 498 g/mol. The molecule has 2 aliphatic heterocycles. The fraction of sp³-hybridized carbons (Fsp3) is 0.556. The molecule has 6 rings (SSSR count). The van der Waals surface area contributed by atoms with Crippen molar-refractivity contribution >= 4 is 16.9 Å². The normalized spacial score (nSPS) is 26.2. The Morgan fingerprint density at radius 1 is 1.17 bits per heavy atom. The van der Waals surface area contributed by atoms with Crippen molar-refractivity contribution < 1.29 is 18.3 Å². The summed E-state index contributed by atoms with van der Waals surface area (Å²) in [6.07, 6.45) is 7.89. The van der Waals surface area contributed by atoms with Crippen LogP contribution in [0.4, 0.5) is 14.6 Å². The lowest BCUT2D eigenvalue weighted by molar-refractivity contribution is -0.0603. The summed E-state index contributed by atoms with van der Waals surface area (Å²) in [5, 5.41) is 0.857. The first-order valence-electron chi connectivity index (χ1n) is 13.0. The van der Waals surface area contributed by atoms with Gasteiger partial charge in [-0.25, -0.2) is 18.7 Å². The van der Waals surface area contributed by atoms with E-state index in [1.807, 2.05) is 18.2 Å². The minimum Gasteiger partial charge on any atom is -0.491 e. The molecule has 2 N–H and O–H groups in total. The van der Waals surface area contributed by atoms with Crippen LogP contribution in [-0.2, 0) is 4.74 Å². The first kappa shape index (κ1) is 23.6. The molecular weight excluding hydrogens is 464 g/mol. The van der Waals surface area contributed by atoms with Crippen LogP contribution in [0.3, 0.4) is 0 Å². The zero-order chi connectivity index (χ0) is 24.7. The number of nitrogen functional groups attached to an aromatic ring is 1. The number of nitrogens with two attached hydrogens (primary N) is 1. The molecule has 1 saturated carbocycles. The van der Waals surface area contributed by atoms with Crippen LogP contribution in [0.5, 0.6) is 5.75 Å². The van der Waals surface area contributed by atoms with Crippen LogP contribution >= 0.6 is 0 Å². The van der Waals surface area contributed by atoms with Crippen LogP contribution < -0.4 is 10.5 Å². The number of aromatic nitrogens is 3. The van der Waals surface area contributed by atoms with E-state index in [1.54, 1.807) is 0 Å². The molecule has 1 aliphatic carbocycles. The number of benzene rings is 1. The first-order chi connectivity index (χ1) is 17.4. The zero-order valence-electron chi connectivity index (χ0n) is 20.4. The zero-order valence-corrected chi connectivity index (χ0v) is 20.4. The number of nitrogens with zero attached hydrogens (tertiary/aromatic N) is 4. The summed E-state index contributed by atoms with van der Waals surface area (Å²) in [5.74, 6) is -0.721. The smallest absolute Gasteiger partial charge is 0.250 e. The Morgan fingerprint density at radius 3 is 2.78 bits per heavy atom. The molecule has 7 nitrogen and oxygen atoms in total. The molecule has 0 spiro atoms. The molecule has 9 heteroatoms. The summed E-state index contributed by atoms with van der Waals surface area (Å²) >= 11 is 0.